The first kappa shape index (κ1) is 66.3. The number of hydrogen-bond acceptors (Lipinski definition) is 35. The largest absolute Gasteiger partial charge is 0.394 e. The van der Waals surface area contributed by atoms with Crippen molar-refractivity contribution in [3.8, 4) is 0 Å². The number of hydrogen-bond donors (Lipinski definition) is 20. The van der Waals surface area contributed by atoms with Gasteiger partial charge in [-0.3, -0.25) is 0 Å². The molecule has 0 aromatic carbocycles. The van der Waals surface area contributed by atoms with Crippen molar-refractivity contribution in [1.29, 1.82) is 0 Å². The average molecular weight is 1200 g/mol. The van der Waals surface area contributed by atoms with E-state index in [1.807, 2.05) is 0 Å². The third-order valence-corrected chi connectivity index (χ3v) is 15.6. The predicted molar refractivity (Wildman–Crippen MR) is 252 cm³/mol. The van der Waals surface area contributed by atoms with Crippen LogP contribution in [0.4, 0.5) is 0 Å². The van der Waals surface area contributed by atoms with E-state index in [0.717, 1.165) is 0 Å². The van der Waals surface area contributed by atoms with Gasteiger partial charge in [0.05, 0.1) is 46.2 Å². The average Bonchev–Trinajstić information content (AvgIpc) is 3.20. The van der Waals surface area contributed by atoms with Crippen molar-refractivity contribution in [1.82, 2.24) is 0 Å². The zero-order valence-corrected chi connectivity index (χ0v) is 43.6. The molecule has 15 fully saturated rings. The van der Waals surface area contributed by atoms with E-state index in [0.29, 0.717) is 12.8 Å². The van der Waals surface area contributed by atoms with Crippen molar-refractivity contribution in [2.75, 3.05) is 52.9 Å². The summed E-state index contributed by atoms with van der Waals surface area (Å²) in [6.07, 6.45) is -66.4. The van der Waals surface area contributed by atoms with E-state index >= 15 is 0 Å². The quantitative estimate of drug-likeness (QED) is 0.0637. The summed E-state index contributed by atoms with van der Waals surface area (Å²) >= 11 is 0. The molecule has 15 rings (SSSR count). The molecule has 0 saturated carbocycles. The molecule has 14 bridgehead atoms. The van der Waals surface area contributed by atoms with Gasteiger partial charge in [-0.2, -0.15) is 0 Å². The van der Waals surface area contributed by atoms with Gasteiger partial charge < -0.3 is 173 Å². The number of fused-ring (bicyclic) bond motifs is 7. The van der Waals surface area contributed by atoms with Crippen molar-refractivity contribution in [3.05, 3.63) is 12.7 Å². The monoisotopic (exact) mass is 1200 g/mol. The normalized spacial score (nSPS) is 52.7. The van der Waals surface area contributed by atoms with Crippen LogP contribution in [-0.2, 0) is 71.1 Å². The van der Waals surface area contributed by atoms with Crippen molar-refractivity contribution in [2.45, 2.75) is 228 Å². The van der Waals surface area contributed by atoms with Crippen LogP contribution >= 0.6 is 0 Å². The molecular weight excluding hydrogens is 1120 g/mol. The molecule has 15 heterocycles. The fourth-order valence-electron chi connectivity index (χ4n) is 11.0. The number of ether oxygens (including phenoxy) is 15. The molecule has 0 amide bonds. The van der Waals surface area contributed by atoms with Crippen LogP contribution in [0.5, 0.6) is 0 Å². The molecule has 15 saturated heterocycles. The summed E-state index contributed by atoms with van der Waals surface area (Å²) in [6.45, 7) is -3.69. The maximum atomic E-state index is 12.0. The summed E-state index contributed by atoms with van der Waals surface area (Å²) in [5.74, 6) is 0. The lowest BCUT2D eigenvalue weighted by molar-refractivity contribution is -0.398. The van der Waals surface area contributed by atoms with Gasteiger partial charge in [0.1, 0.15) is 171 Å². The summed E-state index contributed by atoms with van der Waals surface area (Å²) in [7, 11) is 0. The molecule has 82 heavy (non-hydrogen) atoms. The molecule has 476 valence electrons. The van der Waals surface area contributed by atoms with Gasteiger partial charge in [0.25, 0.3) is 0 Å². The van der Waals surface area contributed by atoms with Crippen LogP contribution < -0.4 is 0 Å². The molecule has 20 N–H and O–H groups in total. The zero-order chi connectivity index (χ0) is 59.6. The minimum atomic E-state index is -2.20. The molecule has 0 aliphatic carbocycles. The molecule has 0 radical (unpaired) electrons. The molecule has 35 heteroatoms. The Morgan fingerprint density at radius 3 is 0.671 bits per heavy atom. The minimum absolute atomic E-state index is 0.145. The van der Waals surface area contributed by atoms with E-state index in [9.17, 15) is 102 Å². The third kappa shape index (κ3) is 13.5. The van der Waals surface area contributed by atoms with Gasteiger partial charge in [-0.05, 0) is 12.8 Å². The van der Waals surface area contributed by atoms with Crippen LogP contribution in [0.3, 0.4) is 0 Å². The summed E-state index contributed by atoms with van der Waals surface area (Å²) in [5, 5.41) is 222. The summed E-state index contributed by atoms with van der Waals surface area (Å²) in [4.78, 5) is 0. The molecule has 0 aromatic rings. The Bertz CT molecular complexity index is 1940. The highest BCUT2D eigenvalue weighted by Crippen LogP contribution is 2.39. The second-order valence-corrected chi connectivity index (χ2v) is 20.9. The van der Waals surface area contributed by atoms with E-state index in [1.54, 1.807) is 6.08 Å². The number of unbranched alkanes of at least 4 members (excludes halogenated alkanes) is 1. The zero-order valence-electron chi connectivity index (χ0n) is 43.6. The number of aliphatic hydroxyl groups is 20. The van der Waals surface area contributed by atoms with Crippen LogP contribution in [0, 0.1) is 0 Å². The van der Waals surface area contributed by atoms with Crippen LogP contribution in [0.25, 0.3) is 0 Å². The van der Waals surface area contributed by atoms with E-state index in [-0.39, 0.29) is 6.61 Å². The first-order valence-electron chi connectivity index (χ1n) is 26.7. The second kappa shape index (κ2) is 29.1. The SMILES string of the molecule is C=CCCCO[C@H]1[C@H]2O[C@H]3[C@@H](O)[C@H](O)[C@@H](O[C@H]4[C@@H](O)[C@H](O)[C@@H](O[C@H]5[C@@H](O)[C@@H](O)[C@@H](O[C@H]6[C@H](O)[C@@H](O)[C@@H](O[C@H]7[C@H](O)[C@@H](O)[C@@H](O[C@H]8[C@H](O)[C@@H](O)[C@@H](O[C@@H]([C@@H]1O)[C@@H](CO)O2)O[C@@H]8CO)O[C@@H]7CO)O[C@@H]6CO)O[C@@H]5CO)O[C@@H]4CO)O[C@@H]3CO. The maximum Gasteiger partial charge on any atom is 0.187 e. The van der Waals surface area contributed by atoms with Crippen molar-refractivity contribution < 1.29 is 173 Å². The lowest BCUT2D eigenvalue weighted by Crippen LogP contribution is -2.68. The van der Waals surface area contributed by atoms with Crippen LogP contribution in [0.2, 0.25) is 0 Å². The Morgan fingerprint density at radius 2 is 0.463 bits per heavy atom. The van der Waals surface area contributed by atoms with Crippen molar-refractivity contribution >= 4 is 0 Å². The number of rotatable bonds is 12. The highest BCUT2D eigenvalue weighted by atomic mass is 16.8. The van der Waals surface area contributed by atoms with Crippen LogP contribution in [0.1, 0.15) is 12.8 Å². The molecule has 15 aliphatic rings. The molecule has 0 unspecified atom stereocenters. The number of allylic oxidation sites excluding steroid dienone is 1. The second-order valence-electron chi connectivity index (χ2n) is 20.9. The van der Waals surface area contributed by atoms with Crippen molar-refractivity contribution in [3.63, 3.8) is 0 Å². The van der Waals surface area contributed by atoms with Crippen molar-refractivity contribution in [2.24, 2.45) is 0 Å². The Hall–Kier alpha value is -1.66. The van der Waals surface area contributed by atoms with Gasteiger partial charge in [0.15, 0.2) is 44.0 Å². The first-order chi connectivity index (χ1) is 39.2. The fourth-order valence-corrected chi connectivity index (χ4v) is 11.0. The molecule has 0 spiro atoms. The summed E-state index contributed by atoms with van der Waals surface area (Å²) in [6, 6.07) is 0. The standard InChI is InChI=1S/C47H78O35/c1-2-3-4-5-68-40-32(67)39-19(12-54)75-47(40)82-38-18(11-53)74-45(31(66)25(38)60)80-36-16(9-51)72-43(29(64)23(36)58)78-34-14(7-49)70-41(27(62)21(34)56)76-33-13(6-48)69-42(26(61)20(33)55)77-35-15(8-50)71-44(28(63)22(35)57)79-37-17(10-52)73-46(81-39)30(65)24(37)59/h2,13-67H,1,3-12H2/t13-,14-,15-,16-,17-,18-,19-,20-,21+,22-,23+,24-,25+,26-,27-,28-,29+,30-,31+,32+,33-,34-,35-,36-,37-,38-,39-,40-,41-,42-,43-,44-,45-,46-,47-/m1/s1. The highest BCUT2D eigenvalue weighted by molar-refractivity contribution is 5.02. The van der Waals surface area contributed by atoms with Gasteiger partial charge >= 0.3 is 0 Å². The Balaban J connectivity index is 1.10. The fraction of sp³-hybridized carbons (Fsp3) is 0.957. The lowest BCUT2D eigenvalue weighted by atomic mass is 9.95. The van der Waals surface area contributed by atoms with Gasteiger partial charge in [-0.1, -0.05) is 6.08 Å². The van der Waals surface area contributed by atoms with Gasteiger partial charge in [0.2, 0.25) is 0 Å². The van der Waals surface area contributed by atoms with Gasteiger partial charge in [-0.15, -0.1) is 6.58 Å². The van der Waals surface area contributed by atoms with E-state index in [1.165, 1.54) is 0 Å². The molecule has 35 atom stereocenters. The van der Waals surface area contributed by atoms with Crippen LogP contribution in [0.15, 0.2) is 12.7 Å². The Morgan fingerprint density at radius 1 is 0.268 bits per heavy atom. The lowest BCUT2D eigenvalue weighted by Gasteiger charge is -2.50. The smallest absolute Gasteiger partial charge is 0.187 e. The third-order valence-electron chi connectivity index (χ3n) is 15.6. The number of aliphatic hydroxyl groups excluding tert-OH is 20. The van der Waals surface area contributed by atoms with Gasteiger partial charge in [0, 0.05) is 6.61 Å². The molecular formula is C47H78O35. The molecule has 15 aliphatic heterocycles. The van der Waals surface area contributed by atoms with E-state index in [4.69, 9.17) is 71.1 Å². The van der Waals surface area contributed by atoms with E-state index < -0.39 is 261 Å². The predicted octanol–water partition coefficient (Wildman–Crippen LogP) is -13.2. The molecule has 0 aromatic heterocycles. The summed E-state index contributed by atoms with van der Waals surface area (Å²) in [5.41, 5.74) is 0. The maximum absolute atomic E-state index is 12.0. The van der Waals surface area contributed by atoms with Crippen LogP contribution in [-0.4, -0.2) is 370 Å². The Labute approximate surface area is 465 Å². The van der Waals surface area contributed by atoms with Gasteiger partial charge in [-0.25, -0.2) is 0 Å². The minimum Gasteiger partial charge on any atom is -0.394 e. The van der Waals surface area contributed by atoms with E-state index in [2.05, 4.69) is 6.58 Å². The molecule has 35 nitrogen and oxygen atoms in total. The summed E-state index contributed by atoms with van der Waals surface area (Å²) < 4.78 is 87.1. The topological polar surface area (TPSA) is 543 Å². The highest BCUT2D eigenvalue weighted by Gasteiger charge is 2.60. The first-order valence-corrected chi connectivity index (χ1v) is 26.7. The Kier molecular flexibility index (Phi) is 23.5.